The molecule has 126 valence electrons. The monoisotopic (exact) mass is 317 g/mol. The molecule has 2 aliphatic rings. The fraction of sp³-hybridized carbons (Fsp3) is 0.611. The lowest BCUT2D eigenvalue weighted by Crippen LogP contribution is -2.48. The Morgan fingerprint density at radius 2 is 2.22 bits per heavy atom. The number of benzene rings is 1. The maximum Gasteiger partial charge on any atom is 0.317 e. The van der Waals surface area contributed by atoms with Crippen molar-refractivity contribution in [1.29, 1.82) is 0 Å². The topological polar surface area (TPSA) is 44.8 Å². The quantitative estimate of drug-likeness (QED) is 0.907. The molecule has 0 aromatic heterocycles. The van der Waals surface area contributed by atoms with Crippen molar-refractivity contribution in [3.8, 4) is 5.75 Å². The van der Waals surface area contributed by atoms with Crippen LogP contribution in [0, 0.1) is 0 Å². The predicted molar refractivity (Wildman–Crippen MR) is 90.6 cm³/mol. The van der Waals surface area contributed by atoms with Crippen LogP contribution in [-0.2, 0) is 6.54 Å². The molecule has 0 radical (unpaired) electrons. The Balaban J connectivity index is 1.60. The van der Waals surface area contributed by atoms with Crippen molar-refractivity contribution >= 4 is 6.03 Å². The number of carbonyl (C=O) groups excluding carboxylic acids is 1. The van der Waals surface area contributed by atoms with Crippen molar-refractivity contribution in [3.63, 3.8) is 0 Å². The van der Waals surface area contributed by atoms with Crippen LogP contribution in [0.5, 0.6) is 5.75 Å². The summed E-state index contributed by atoms with van der Waals surface area (Å²) in [6, 6.07) is 8.80. The highest BCUT2D eigenvalue weighted by Crippen LogP contribution is 2.21. The summed E-state index contributed by atoms with van der Waals surface area (Å²) < 4.78 is 5.78. The maximum absolute atomic E-state index is 11.9. The number of piperidine rings is 1. The van der Waals surface area contributed by atoms with Gasteiger partial charge in [0.2, 0.25) is 0 Å². The lowest BCUT2D eigenvalue weighted by atomic mass is 10.0. The molecule has 2 saturated heterocycles. The van der Waals surface area contributed by atoms with Crippen LogP contribution in [0.1, 0.15) is 32.3 Å². The predicted octanol–water partition coefficient (Wildman–Crippen LogP) is 2.46. The third-order valence-corrected chi connectivity index (χ3v) is 4.49. The molecule has 2 fully saturated rings. The van der Waals surface area contributed by atoms with Crippen LogP contribution in [0.2, 0.25) is 0 Å². The molecule has 2 aliphatic heterocycles. The van der Waals surface area contributed by atoms with Gasteiger partial charge in [-0.1, -0.05) is 12.1 Å². The molecule has 0 aliphatic carbocycles. The van der Waals surface area contributed by atoms with E-state index in [0.717, 1.165) is 51.3 Å². The van der Waals surface area contributed by atoms with Gasteiger partial charge < -0.3 is 15.0 Å². The van der Waals surface area contributed by atoms with Gasteiger partial charge in [0.25, 0.3) is 0 Å². The Bertz CT molecular complexity index is 547. The minimum atomic E-state index is 0.101. The minimum absolute atomic E-state index is 0.101. The number of carbonyl (C=O) groups is 1. The number of nitrogens with one attached hydrogen (secondary N) is 1. The summed E-state index contributed by atoms with van der Waals surface area (Å²) in [7, 11) is 0. The third kappa shape index (κ3) is 4.16. The number of nitrogens with zero attached hydrogens (tertiary/aromatic N) is 2. The van der Waals surface area contributed by atoms with Gasteiger partial charge in [-0.2, -0.15) is 0 Å². The molecular formula is C18H27N3O2. The fourth-order valence-corrected chi connectivity index (χ4v) is 3.51. The first kappa shape index (κ1) is 16.1. The summed E-state index contributed by atoms with van der Waals surface area (Å²) in [5.74, 6) is 0.935. The number of rotatable bonds is 5. The second-order valence-corrected chi connectivity index (χ2v) is 6.77. The van der Waals surface area contributed by atoms with Crippen molar-refractivity contribution in [2.24, 2.45) is 0 Å². The highest BCUT2D eigenvalue weighted by Gasteiger charge is 2.31. The fourth-order valence-electron chi connectivity index (χ4n) is 3.51. The van der Waals surface area contributed by atoms with E-state index < -0.39 is 0 Å². The molecule has 2 heterocycles. The molecular weight excluding hydrogens is 290 g/mol. The Hall–Kier alpha value is -1.75. The molecule has 23 heavy (non-hydrogen) atoms. The zero-order chi connectivity index (χ0) is 16.2. The molecule has 0 bridgehead atoms. The van der Waals surface area contributed by atoms with Crippen molar-refractivity contribution in [1.82, 2.24) is 15.1 Å². The first-order chi connectivity index (χ1) is 11.1. The van der Waals surface area contributed by atoms with E-state index >= 15 is 0 Å². The van der Waals surface area contributed by atoms with Crippen molar-refractivity contribution in [3.05, 3.63) is 29.8 Å². The van der Waals surface area contributed by atoms with Crippen molar-refractivity contribution < 1.29 is 9.53 Å². The molecule has 3 rings (SSSR count). The van der Waals surface area contributed by atoms with Gasteiger partial charge in [0.1, 0.15) is 5.75 Å². The number of hydrogen-bond acceptors (Lipinski definition) is 3. The smallest absolute Gasteiger partial charge is 0.317 e. The average molecular weight is 317 g/mol. The van der Waals surface area contributed by atoms with Gasteiger partial charge in [0.05, 0.1) is 6.10 Å². The van der Waals surface area contributed by atoms with E-state index in [2.05, 4.69) is 28.4 Å². The largest absolute Gasteiger partial charge is 0.491 e. The number of urea groups is 1. The minimum Gasteiger partial charge on any atom is -0.491 e. The molecule has 1 aromatic rings. The highest BCUT2D eigenvalue weighted by atomic mass is 16.5. The van der Waals surface area contributed by atoms with Crippen LogP contribution in [0.4, 0.5) is 4.79 Å². The van der Waals surface area contributed by atoms with Crippen LogP contribution in [-0.4, -0.2) is 54.2 Å². The van der Waals surface area contributed by atoms with Crippen LogP contribution in [0.25, 0.3) is 0 Å². The van der Waals surface area contributed by atoms with Gasteiger partial charge >= 0.3 is 6.03 Å². The average Bonchev–Trinajstić information content (AvgIpc) is 2.93. The van der Waals surface area contributed by atoms with Crippen LogP contribution < -0.4 is 10.1 Å². The molecule has 1 N–H and O–H groups in total. The first-order valence-electron chi connectivity index (χ1n) is 8.64. The zero-order valence-corrected chi connectivity index (χ0v) is 14.1. The van der Waals surface area contributed by atoms with E-state index in [1.54, 1.807) is 0 Å². The van der Waals surface area contributed by atoms with E-state index in [1.807, 2.05) is 24.8 Å². The van der Waals surface area contributed by atoms with Gasteiger partial charge in [-0.3, -0.25) is 4.90 Å². The van der Waals surface area contributed by atoms with Crippen molar-refractivity contribution in [2.75, 3.05) is 26.2 Å². The summed E-state index contributed by atoms with van der Waals surface area (Å²) in [4.78, 5) is 16.3. The van der Waals surface area contributed by atoms with Gasteiger partial charge in [-0.05, 0) is 50.9 Å². The summed E-state index contributed by atoms with van der Waals surface area (Å²) in [5.41, 5.74) is 1.27. The first-order valence-corrected chi connectivity index (χ1v) is 8.64. The van der Waals surface area contributed by atoms with E-state index in [-0.39, 0.29) is 12.1 Å². The van der Waals surface area contributed by atoms with Gasteiger partial charge in [-0.25, -0.2) is 4.79 Å². The van der Waals surface area contributed by atoms with Gasteiger partial charge in [0, 0.05) is 32.2 Å². The lowest BCUT2D eigenvalue weighted by molar-refractivity contribution is 0.122. The molecule has 1 atom stereocenters. The molecule has 1 aromatic carbocycles. The van der Waals surface area contributed by atoms with Crippen molar-refractivity contribution in [2.45, 2.75) is 45.4 Å². The maximum atomic E-state index is 11.9. The molecule has 5 nitrogen and oxygen atoms in total. The Kier molecular flexibility index (Phi) is 5.06. The summed E-state index contributed by atoms with van der Waals surface area (Å²) in [5, 5.41) is 2.91. The molecule has 0 spiro atoms. The Morgan fingerprint density at radius 1 is 1.35 bits per heavy atom. The number of amides is 2. The number of likely N-dealkylation sites (tertiary alicyclic amines) is 1. The van der Waals surface area contributed by atoms with Gasteiger partial charge in [-0.15, -0.1) is 0 Å². The van der Waals surface area contributed by atoms with Crippen LogP contribution in [0.3, 0.4) is 0 Å². The molecule has 0 unspecified atom stereocenters. The SMILES string of the molecule is CC(C)Oc1cccc(CN2CCC[C@@H](N3CCNC3=O)C2)c1. The molecule has 0 saturated carbocycles. The summed E-state index contributed by atoms with van der Waals surface area (Å²) in [6.07, 6.45) is 2.45. The Labute approximate surface area is 138 Å². The zero-order valence-electron chi connectivity index (χ0n) is 14.1. The number of ether oxygens (including phenoxy) is 1. The van der Waals surface area contributed by atoms with E-state index in [1.165, 1.54) is 5.56 Å². The normalized spacial score (nSPS) is 22.5. The van der Waals surface area contributed by atoms with Gasteiger partial charge in [0.15, 0.2) is 0 Å². The van der Waals surface area contributed by atoms with E-state index in [4.69, 9.17) is 4.74 Å². The Morgan fingerprint density at radius 3 is 2.96 bits per heavy atom. The van der Waals surface area contributed by atoms with E-state index in [0.29, 0.717) is 6.04 Å². The molecule has 2 amide bonds. The highest BCUT2D eigenvalue weighted by molar-refractivity contribution is 5.76. The van der Waals surface area contributed by atoms with E-state index in [9.17, 15) is 4.79 Å². The summed E-state index contributed by atoms with van der Waals surface area (Å²) in [6.45, 7) is 8.69. The third-order valence-electron chi connectivity index (χ3n) is 4.49. The second-order valence-electron chi connectivity index (χ2n) is 6.77. The molecule has 5 heteroatoms. The van der Waals surface area contributed by atoms with Crippen LogP contribution >= 0.6 is 0 Å². The standard InChI is InChI=1S/C18H27N3O2/c1-14(2)23-17-7-3-5-15(11-17)12-20-9-4-6-16(13-20)21-10-8-19-18(21)22/h3,5,7,11,14,16H,4,6,8-10,12-13H2,1-2H3,(H,19,22)/t16-/m1/s1. The summed E-state index contributed by atoms with van der Waals surface area (Å²) >= 11 is 0. The second kappa shape index (κ2) is 7.21. The number of hydrogen-bond donors (Lipinski definition) is 1. The van der Waals surface area contributed by atoms with Crippen LogP contribution in [0.15, 0.2) is 24.3 Å². The lowest BCUT2D eigenvalue weighted by Gasteiger charge is -2.37.